The van der Waals surface area contributed by atoms with E-state index in [1.807, 2.05) is 0 Å². The van der Waals surface area contributed by atoms with Crippen LogP contribution in [0.25, 0.3) is 0 Å². The second-order valence-corrected chi connectivity index (χ2v) is 8.56. The lowest BCUT2D eigenvalue weighted by Crippen LogP contribution is -2.30. The molecule has 0 bridgehead atoms. The molecule has 2 saturated carbocycles. The van der Waals surface area contributed by atoms with Crippen LogP contribution in [0.5, 0.6) is 0 Å². The number of ether oxygens (including phenoxy) is 1. The molecular weight excluding hydrogens is 359 g/mol. The third-order valence-electron chi connectivity index (χ3n) is 6.00. The summed E-state index contributed by atoms with van der Waals surface area (Å²) in [7, 11) is 0. The summed E-state index contributed by atoms with van der Waals surface area (Å²) < 4.78 is 6.10. The van der Waals surface area contributed by atoms with Crippen LogP contribution < -0.4 is 0 Å². The van der Waals surface area contributed by atoms with Crippen molar-refractivity contribution < 1.29 is 14.3 Å². The Kier molecular flexibility index (Phi) is 9.80. The van der Waals surface area contributed by atoms with Crippen molar-refractivity contribution in [2.45, 2.75) is 64.2 Å². The van der Waals surface area contributed by atoms with Crippen molar-refractivity contribution in [3.05, 3.63) is 0 Å². The molecule has 2 aliphatic rings. The average molecular weight is 391 g/mol. The molecule has 0 radical (unpaired) electrons. The Labute approximate surface area is 162 Å². The first-order valence-electron chi connectivity index (χ1n) is 9.87. The predicted octanol–water partition coefficient (Wildman–Crippen LogP) is 5.01. The Morgan fingerprint density at radius 2 is 1.28 bits per heavy atom. The Hall–Kier alpha value is -0.120. The average Bonchev–Trinajstić information content (AvgIpc) is 2.60. The highest BCUT2D eigenvalue weighted by atomic mass is 35.5. The van der Waals surface area contributed by atoms with Gasteiger partial charge in [0.1, 0.15) is 11.6 Å². The first kappa shape index (κ1) is 21.2. The number of halogens is 2. The van der Waals surface area contributed by atoms with E-state index in [9.17, 15) is 9.59 Å². The molecule has 0 amide bonds. The van der Waals surface area contributed by atoms with Crippen LogP contribution in [0.4, 0.5) is 0 Å². The number of alkyl halides is 2. The van der Waals surface area contributed by atoms with Crippen LogP contribution in [0.15, 0.2) is 0 Å². The van der Waals surface area contributed by atoms with Crippen LogP contribution in [-0.2, 0) is 14.3 Å². The number of Topliss-reactive ketones (excluding diaryl/α,β-unsaturated/α-hetero) is 2. The summed E-state index contributed by atoms with van der Waals surface area (Å²) in [6.45, 7) is 1.34. The molecule has 25 heavy (non-hydrogen) atoms. The van der Waals surface area contributed by atoms with Crippen LogP contribution in [0.3, 0.4) is 0 Å². The molecule has 144 valence electrons. The van der Waals surface area contributed by atoms with Crippen molar-refractivity contribution in [3.8, 4) is 0 Å². The second kappa shape index (κ2) is 11.6. The molecule has 3 nitrogen and oxygen atoms in total. The summed E-state index contributed by atoms with van der Waals surface area (Å²) >= 11 is 12.0. The summed E-state index contributed by atoms with van der Waals surface area (Å²) in [6, 6.07) is 0. The fourth-order valence-electron chi connectivity index (χ4n) is 4.48. The zero-order chi connectivity index (χ0) is 18.1. The Bertz CT molecular complexity index is 389. The Morgan fingerprint density at radius 3 is 1.64 bits per heavy atom. The second-order valence-electron chi connectivity index (χ2n) is 7.80. The molecule has 0 aromatic carbocycles. The van der Waals surface area contributed by atoms with Crippen LogP contribution in [0, 0.1) is 23.7 Å². The topological polar surface area (TPSA) is 43.4 Å². The van der Waals surface area contributed by atoms with Crippen molar-refractivity contribution in [2.75, 3.05) is 25.0 Å². The third-order valence-corrected chi connectivity index (χ3v) is 6.43. The van der Waals surface area contributed by atoms with Crippen molar-refractivity contribution in [1.29, 1.82) is 0 Å². The van der Waals surface area contributed by atoms with E-state index in [1.165, 1.54) is 0 Å². The lowest BCUT2D eigenvalue weighted by molar-refractivity contribution is -0.122. The van der Waals surface area contributed by atoms with Gasteiger partial charge in [-0.25, -0.2) is 0 Å². The molecule has 5 heteroatoms. The minimum atomic E-state index is 0.367. The number of carbonyl (C=O) groups excluding carboxylic acids is 2. The van der Waals surface area contributed by atoms with E-state index in [2.05, 4.69) is 0 Å². The summed E-state index contributed by atoms with van der Waals surface area (Å²) in [4.78, 5) is 23.5. The van der Waals surface area contributed by atoms with Gasteiger partial charge in [0.05, 0.1) is 0 Å². The Morgan fingerprint density at radius 1 is 0.840 bits per heavy atom. The van der Waals surface area contributed by atoms with Crippen molar-refractivity contribution in [3.63, 3.8) is 0 Å². The van der Waals surface area contributed by atoms with Gasteiger partial charge in [0.2, 0.25) is 0 Å². The van der Waals surface area contributed by atoms with E-state index >= 15 is 0 Å². The van der Waals surface area contributed by atoms with Gasteiger partial charge in [-0.3, -0.25) is 9.59 Å². The van der Waals surface area contributed by atoms with E-state index in [0.29, 0.717) is 73.1 Å². The summed E-state index contributed by atoms with van der Waals surface area (Å²) in [5.41, 5.74) is 0. The summed E-state index contributed by atoms with van der Waals surface area (Å²) in [6.07, 6.45) is 8.88. The normalized spacial score (nSPS) is 27.3. The number of rotatable bonds is 10. The van der Waals surface area contributed by atoms with E-state index in [-0.39, 0.29) is 0 Å². The van der Waals surface area contributed by atoms with Gasteiger partial charge in [0.25, 0.3) is 0 Å². The highest BCUT2D eigenvalue weighted by Gasteiger charge is 2.29. The largest absolute Gasteiger partial charge is 0.381 e. The zero-order valence-corrected chi connectivity index (χ0v) is 16.7. The maximum Gasteiger partial charge on any atom is 0.133 e. The smallest absolute Gasteiger partial charge is 0.133 e. The van der Waals surface area contributed by atoms with Gasteiger partial charge >= 0.3 is 0 Å². The minimum absolute atomic E-state index is 0.367. The molecule has 0 aliphatic heterocycles. The van der Waals surface area contributed by atoms with Crippen molar-refractivity contribution >= 4 is 34.8 Å². The maximum atomic E-state index is 11.8. The molecule has 0 N–H and O–H groups in total. The molecule has 2 unspecified atom stereocenters. The van der Waals surface area contributed by atoms with Gasteiger partial charge in [0, 0.05) is 50.7 Å². The number of hydrogen-bond donors (Lipinski definition) is 0. The van der Waals surface area contributed by atoms with Crippen molar-refractivity contribution in [2.24, 2.45) is 23.7 Å². The molecule has 0 aromatic rings. The van der Waals surface area contributed by atoms with E-state index in [4.69, 9.17) is 27.9 Å². The number of hydrogen-bond acceptors (Lipinski definition) is 3. The van der Waals surface area contributed by atoms with Crippen molar-refractivity contribution in [1.82, 2.24) is 0 Å². The Balaban J connectivity index is 1.82. The maximum absolute atomic E-state index is 11.8. The van der Waals surface area contributed by atoms with E-state index < -0.39 is 0 Å². The lowest BCUT2D eigenvalue weighted by atomic mass is 9.78. The molecule has 2 aliphatic carbocycles. The lowest BCUT2D eigenvalue weighted by Gasteiger charge is -2.32. The highest BCUT2D eigenvalue weighted by Crippen LogP contribution is 2.33. The molecule has 0 heterocycles. The minimum Gasteiger partial charge on any atom is -0.381 e. The van der Waals surface area contributed by atoms with Crippen LogP contribution in [0.1, 0.15) is 64.2 Å². The standard InChI is InChI=1S/C20H32Cl2O3/c21-9-7-17(15-3-1-5-19(23)11-15)13-25-14-18(8-10-22)16-4-2-6-20(24)12-16/h15-18H,1-14H2/t15?,16?,17-,18-/m0/s1. The fourth-order valence-corrected chi connectivity index (χ4v) is 5.04. The summed E-state index contributed by atoms with van der Waals surface area (Å²) in [5, 5.41) is 0. The van der Waals surface area contributed by atoms with Gasteiger partial charge in [-0.1, -0.05) is 0 Å². The molecule has 4 atom stereocenters. The van der Waals surface area contributed by atoms with Crippen LogP contribution >= 0.6 is 23.2 Å². The molecule has 2 fully saturated rings. The molecule has 2 rings (SSSR count). The molecule has 0 aromatic heterocycles. The fraction of sp³-hybridized carbons (Fsp3) is 0.900. The molecular formula is C20H32Cl2O3. The van der Waals surface area contributed by atoms with Gasteiger partial charge in [-0.2, -0.15) is 0 Å². The number of carbonyl (C=O) groups is 2. The van der Waals surface area contributed by atoms with Crippen LogP contribution in [0.2, 0.25) is 0 Å². The monoisotopic (exact) mass is 390 g/mol. The number of ketones is 2. The summed E-state index contributed by atoms with van der Waals surface area (Å²) in [5.74, 6) is 3.57. The van der Waals surface area contributed by atoms with Gasteiger partial charge in [-0.15, -0.1) is 23.2 Å². The van der Waals surface area contributed by atoms with Gasteiger partial charge < -0.3 is 4.74 Å². The highest BCUT2D eigenvalue weighted by molar-refractivity contribution is 6.18. The zero-order valence-electron chi connectivity index (χ0n) is 15.2. The molecule has 0 saturated heterocycles. The first-order valence-corrected chi connectivity index (χ1v) is 10.9. The van der Waals surface area contributed by atoms with E-state index in [1.54, 1.807) is 0 Å². The van der Waals surface area contributed by atoms with Crippen LogP contribution in [-0.4, -0.2) is 36.5 Å². The SMILES string of the molecule is O=C1CCCC([C@@H](CCCl)COC[C@H](CCCl)C2CCCC(=O)C2)C1. The van der Waals surface area contributed by atoms with Gasteiger partial charge in [-0.05, 0) is 62.2 Å². The van der Waals surface area contributed by atoms with Gasteiger partial charge in [0.15, 0.2) is 0 Å². The molecule has 0 spiro atoms. The quantitative estimate of drug-likeness (QED) is 0.492. The first-order chi connectivity index (χ1) is 12.1. The third kappa shape index (κ3) is 7.19. The predicted molar refractivity (Wildman–Crippen MR) is 102 cm³/mol. The van der Waals surface area contributed by atoms with E-state index in [0.717, 1.165) is 51.4 Å².